The molecule has 0 radical (unpaired) electrons. The van der Waals surface area contributed by atoms with E-state index in [1.807, 2.05) is 12.3 Å². The van der Waals surface area contributed by atoms with Crippen molar-refractivity contribution in [1.82, 2.24) is 14.6 Å². The minimum atomic E-state index is -3.23. The number of nitrogens with one attached hydrogen (secondary N) is 2. The number of piperidine rings is 1. The van der Waals surface area contributed by atoms with E-state index >= 15 is 4.39 Å². The second-order valence-corrected chi connectivity index (χ2v) is 11.7. The first-order valence-corrected chi connectivity index (χ1v) is 14.3. The fraction of sp³-hybridized carbons (Fsp3) is 0.444. The number of ether oxygens (including phenoxy) is 1. The van der Waals surface area contributed by atoms with Crippen LogP contribution < -0.4 is 11.1 Å². The lowest BCUT2D eigenvalue weighted by Crippen LogP contribution is -2.38. The summed E-state index contributed by atoms with van der Waals surface area (Å²) >= 11 is 0. The number of fused-ring (bicyclic) bond motifs is 1. The maximum Gasteiger partial charge on any atom is 0.250 e. The van der Waals surface area contributed by atoms with Gasteiger partial charge in [-0.3, -0.25) is 4.79 Å². The molecule has 1 aliphatic heterocycles. The lowest BCUT2D eigenvalue weighted by molar-refractivity contribution is 0.100. The smallest absolute Gasteiger partial charge is 0.250 e. The summed E-state index contributed by atoms with van der Waals surface area (Å²) in [5.74, 6) is -0.780. The fourth-order valence-electron chi connectivity index (χ4n) is 5.05. The summed E-state index contributed by atoms with van der Waals surface area (Å²) in [6.07, 6.45) is 4.08. The molecule has 0 saturated carbocycles. The van der Waals surface area contributed by atoms with Gasteiger partial charge < -0.3 is 20.8 Å². The second kappa shape index (κ2) is 11.7. The number of hydrogen-bond donors (Lipinski definition) is 3. The third kappa shape index (κ3) is 6.04. The van der Waals surface area contributed by atoms with Crippen molar-refractivity contribution in [3.8, 4) is 11.1 Å². The number of H-pyrrole nitrogens is 1. The first-order valence-electron chi connectivity index (χ1n) is 12.7. The van der Waals surface area contributed by atoms with Gasteiger partial charge in [-0.2, -0.15) is 0 Å². The SMILES string of the molecule is CCS(=O)(=O)N1CCC(c2c[nH]c3c(C(N)=O)cc(-c4cc(CNCCCOC)ccc4F)cc23)CC1. The molecule has 1 fully saturated rings. The Morgan fingerprint density at radius 2 is 2.00 bits per heavy atom. The van der Waals surface area contributed by atoms with Crippen LogP contribution in [0, 0.1) is 5.82 Å². The zero-order valence-electron chi connectivity index (χ0n) is 21.3. The highest BCUT2D eigenvalue weighted by Crippen LogP contribution is 2.37. The Morgan fingerprint density at radius 3 is 2.68 bits per heavy atom. The summed E-state index contributed by atoms with van der Waals surface area (Å²) in [4.78, 5) is 15.6. The molecular formula is C27H35FN4O4S. The van der Waals surface area contributed by atoms with E-state index < -0.39 is 15.9 Å². The van der Waals surface area contributed by atoms with Crippen LogP contribution >= 0.6 is 0 Å². The molecule has 4 N–H and O–H groups in total. The van der Waals surface area contributed by atoms with Gasteiger partial charge >= 0.3 is 0 Å². The maximum atomic E-state index is 15.0. The number of sulfonamides is 1. The van der Waals surface area contributed by atoms with Gasteiger partial charge in [0.1, 0.15) is 5.82 Å². The molecule has 2 aromatic carbocycles. The first-order chi connectivity index (χ1) is 17.7. The number of benzene rings is 2. The number of carbonyl (C=O) groups excluding carboxylic acids is 1. The van der Waals surface area contributed by atoms with Gasteiger partial charge in [0.25, 0.3) is 5.91 Å². The Kier molecular flexibility index (Phi) is 8.63. The summed E-state index contributed by atoms with van der Waals surface area (Å²) < 4.78 is 46.2. The van der Waals surface area contributed by atoms with Gasteiger partial charge in [0, 0.05) is 50.5 Å². The molecule has 0 bridgehead atoms. The lowest BCUT2D eigenvalue weighted by Gasteiger charge is -2.31. The summed E-state index contributed by atoms with van der Waals surface area (Å²) in [5.41, 5.74) is 9.53. The van der Waals surface area contributed by atoms with Crippen molar-refractivity contribution in [3.63, 3.8) is 0 Å². The number of aromatic amines is 1. The summed E-state index contributed by atoms with van der Waals surface area (Å²) in [5, 5.41) is 4.14. The molecule has 10 heteroatoms. The quantitative estimate of drug-likeness (QED) is 0.327. The lowest BCUT2D eigenvalue weighted by atomic mass is 9.88. The second-order valence-electron chi connectivity index (χ2n) is 9.47. The van der Waals surface area contributed by atoms with Crippen LogP contribution in [0.2, 0.25) is 0 Å². The maximum absolute atomic E-state index is 15.0. The van der Waals surface area contributed by atoms with Crippen molar-refractivity contribution in [1.29, 1.82) is 0 Å². The van der Waals surface area contributed by atoms with E-state index in [1.54, 1.807) is 36.5 Å². The van der Waals surface area contributed by atoms with E-state index in [-0.39, 0.29) is 17.5 Å². The van der Waals surface area contributed by atoms with Gasteiger partial charge in [-0.25, -0.2) is 17.1 Å². The largest absolute Gasteiger partial charge is 0.385 e. The van der Waals surface area contributed by atoms with Crippen molar-refractivity contribution in [2.24, 2.45) is 5.73 Å². The third-order valence-electron chi connectivity index (χ3n) is 7.11. The van der Waals surface area contributed by atoms with Gasteiger partial charge in [0.05, 0.1) is 16.8 Å². The molecule has 37 heavy (non-hydrogen) atoms. The number of carbonyl (C=O) groups is 1. The molecule has 1 aromatic heterocycles. The number of rotatable bonds is 11. The minimum absolute atomic E-state index is 0.0867. The molecule has 8 nitrogen and oxygen atoms in total. The van der Waals surface area contributed by atoms with Crippen LogP contribution in [-0.2, 0) is 21.3 Å². The number of hydrogen-bond acceptors (Lipinski definition) is 5. The van der Waals surface area contributed by atoms with Crippen LogP contribution in [0.15, 0.2) is 36.5 Å². The summed E-state index contributed by atoms with van der Waals surface area (Å²) in [6, 6.07) is 8.52. The predicted molar refractivity (Wildman–Crippen MR) is 143 cm³/mol. The average Bonchev–Trinajstić information content (AvgIpc) is 3.33. The van der Waals surface area contributed by atoms with Crippen molar-refractivity contribution in [2.45, 2.75) is 38.6 Å². The topological polar surface area (TPSA) is 118 Å². The van der Waals surface area contributed by atoms with Crippen molar-refractivity contribution >= 4 is 26.8 Å². The van der Waals surface area contributed by atoms with Crippen LogP contribution in [0.25, 0.3) is 22.0 Å². The monoisotopic (exact) mass is 530 g/mol. The van der Waals surface area contributed by atoms with Gasteiger partial charge in [-0.15, -0.1) is 0 Å². The molecule has 3 aromatic rings. The third-order valence-corrected chi connectivity index (χ3v) is 8.99. The van der Waals surface area contributed by atoms with E-state index in [1.165, 1.54) is 6.07 Å². The predicted octanol–water partition coefficient (Wildman–Crippen LogP) is 3.73. The number of methoxy groups -OCH3 is 1. The van der Waals surface area contributed by atoms with E-state index in [0.717, 1.165) is 29.5 Å². The van der Waals surface area contributed by atoms with Gasteiger partial charge in [-0.1, -0.05) is 6.07 Å². The fourth-order valence-corrected chi connectivity index (χ4v) is 6.18. The Balaban J connectivity index is 1.66. The van der Waals surface area contributed by atoms with Crippen LogP contribution in [0.4, 0.5) is 4.39 Å². The van der Waals surface area contributed by atoms with Crippen molar-refractivity contribution in [3.05, 3.63) is 59.0 Å². The molecule has 1 saturated heterocycles. The Hall–Kier alpha value is -2.79. The number of nitrogens with zero attached hydrogens (tertiary/aromatic N) is 1. The van der Waals surface area contributed by atoms with Crippen molar-refractivity contribution < 1.29 is 22.3 Å². The molecule has 0 aliphatic carbocycles. The van der Waals surface area contributed by atoms with E-state index in [9.17, 15) is 13.2 Å². The van der Waals surface area contributed by atoms with E-state index in [2.05, 4.69) is 10.3 Å². The standard InChI is InChI=1S/C27H35FN4O4S/c1-3-37(34,35)32-10-7-19(8-11-32)24-17-31-26-22(24)14-20(15-23(26)27(29)33)21-13-18(5-6-25(21)28)16-30-9-4-12-36-2/h5-6,13-15,17,19,30-31H,3-4,7-12,16H2,1-2H3,(H2,29,33). The zero-order chi connectivity index (χ0) is 26.6. The molecule has 200 valence electrons. The molecule has 1 amide bonds. The van der Waals surface area contributed by atoms with Crippen LogP contribution in [-0.4, -0.2) is 62.7 Å². The van der Waals surface area contributed by atoms with E-state index in [4.69, 9.17) is 10.5 Å². The number of amides is 1. The number of aromatic nitrogens is 1. The van der Waals surface area contributed by atoms with Crippen LogP contribution in [0.1, 0.15) is 53.6 Å². The summed E-state index contributed by atoms with van der Waals surface area (Å²) in [7, 11) is -1.56. The number of nitrogens with two attached hydrogens (primary N) is 1. The molecule has 0 unspecified atom stereocenters. The Labute approximate surface area is 217 Å². The van der Waals surface area contributed by atoms with Gasteiger partial charge in [0.15, 0.2) is 0 Å². The number of halogens is 1. The molecular weight excluding hydrogens is 495 g/mol. The van der Waals surface area contributed by atoms with Crippen LogP contribution in [0.3, 0.4) is 0 Å². The molecule has 0 atom stereocenters. The molecule has 1 aliphatic rings. The normalized spacial score (nSPS) is 15.4. The molecule has 2 heterocycles. The number of primary amides is 1. The average molecular weight is 531 g/mol. The van der Waals surface area contributed by atoms with E-state index in [0.29, 0.717) is 61.3 Å². The molecule has 0 spiro atoms. The summed E-state index contributed by atoms with van der Waals surface area (Å²) in [6.45, 7) is 4.58. The van der Waals surface area contributed by atoms with Crippen LogP contribution in [0.5, 0.6) is 0 Å². The van der Waals surface area contributed by atoms with Gasteiger partial charge in [0.2, 0.25) is 10.0 Å². The van der Waals surface area contributed by atoms with Crippen molar-refractivity contribution in [2.75, 3.05) is 39.1 Å². The first kappa shape index (κ1) is 27.3. The van der Waals surface area contributed by atoms with Gasteiger partial charge in [-0.05, 0) is 79.6 Å². The molecule has 4 rings (SSSR count). The Bertz CT molecular complexity index is 1360. The Morgan fingerprint density at radius 1 is 1.24 bits per heavy atom. The highest BCUT2D eigenvalue weighted by Gasteiger charge is 2.29. The minimum Gasteiger partial charge on any atom is -0.385 e. The zero-order valence-corrected chi connectivity index (χ0v) is 22.2. The highest BCUT2D eigenvalue weighted by atomic mass is 32.2. The highest BCUT2D eigenvalue weighted by molar-refractivity contribution is 7.89.